The molecule has 7 heteroatoms. The average Bonchev–Trinajstić information content (AvgIpc) is 2.43. The SMILES string of the molecule is Cc1ccccc1NC(=O)Nc1ccc(F)cc1CS(C)(=O)=O. The lowest BCUT2D eigenvalue weighted by molar-refractivity contribution is 0.262. The number of halogens is 1. The maximum absolute atomic E-state index is 13.3. The topological polar surface area (TPSA) is 75.3 Å². The third-order valence-corrected chi connectivity index (χ3v) is 3.96. The van der Waals surface area contributed by atoms with Crippen LogP contribution in [0.25, 0.3) is 0 Å². The van der Waals surface area contributed by atoms with E-state index >= 15 is 0 Å². The molecule has 0 spiro atoms. The second-order valence-corrected chi connectivity index (χ2v) is 7.41. The molecule has 0 aromatic heterocycles. The number of carbonyl (C=O) groups is 1. The third kappa shape index (κ3) is 5.07. The Labute approximate surface area is 134 Å². The van der Waals surface area contributed by atoms with Gasteiger partial charge in [-0.05, 0) is 42.3 Å². The van der Waals surface area contributed by atoms with Crippen molar-refractivity contribution in [2.45, 2.75) is 12.7 Å². The molecule has 0 aliphatic heterocycles. The number of rotatable bonds is 4. The summed E-state index contributed by atoms with van der Waals surface area (Å²) in [5.41, 5.74) is 1.98. The molecule has 122 valence electrons. The molecule has 5 nitrogen and oxygen atoms in total. The van der Waals surface area contributed by atoms with E-state index in [0.29, 0.717) is 5.69 Å². The first-order valence-corrected chi connectivity index (χ1v) is 8.90. The van der Waals surface area contributed by atoms with Crippen molar-refractivity contribution >= 4 is 27.2 Å². The molecular weight excluding hydrogens is 319 g/mol. The Hall–Kier alpha value is -2.41. The van der Waals surface area contributed by atoms with Crippen LogP contribution in [-0.2, 0) is 15.6 Å². The highest BCUT2D eigenvalue weighted by Crippen LogP contribution is 2.20. The molecule has 0 fully saturated rings. The highest BCUT2D eigenvalue weighted by molar-refractivity contribution is 7.89. The minimum absolute atomic E-state index is 0.201. The molecule has 23 heavy (non-hydrogen) atoms. The molecule has 0 saturated heterocycles. The van der Waals surface area contributed by atoms with Gasteiger partial charge in [-0.25, -0.2) is 17.6 Å². The summed E-state index contributed by atoms with van der Waals surface area (Å²) in [6.45, 7) is 1.85. The Morgan fingerprint density at radius 1 is 1.09 bits per heavy atom. The number of aryl methyl sites for hydroxylation is 1. The van der Waals surface area contributed by atoms with E-state index in [9.17, 15) is 17.6 Å². The van der Waals surface area contributed by atoms with Gasteiger partial charge in [0.25, 0.3) is 0 Å². The molecule has 0 radical (unpaired) electrons. The van der Waals surface area contributed by atoms with Crippen molar-refractivity contribution in [1.29, 1.82) is 0 Å². The fourth-order valence-electron chi connectivity index (χ4n) is 2.08. The van der Waals surface area contributed by atoms with Gasteiger partial charge in [0.15, 0.2) is 9.84 Å². The normalized spacial score (nSPS) is 11.1. The molecule has 2 N–H and O–H groups in total. The van der Waals surface area contributed by atoms with E-state index in [1.165, 1.54) is 6.07 Å². The van der Waals surface area contributed by atoms with E-state index in [-0.39, 0.29) is 17.0 Å². The van der Waals surface area contributed by atoms with Crippen molar-refractivity contribution in [3.05, 3.63) is 59.4 Å². The zero-order valence-electron chi connectivity index (χ0n) is 12.8. The van der Waals surface area contributed by atoms with E-state index < -0.39 is 21.7 Å². The van der Waals surface area contributed by atoms with Gasteiger partial charge < -0.3 is 10.6 Å². The van der Waals surface area contributed by atoms with Gasteiger partial charge in [0.1, 0.15) is 5.82 Å². The van der Waals surface area contributed by atoms with Gasteiger partial charge in [-0.2, -0.15) is 0 Å². The van der Waals surface area contributed by atoms with Gasteiger partial charge in [-0.1, -0.05) is 18.2 Å². The molecule has 2 aromatic rings. The number of sulfone groups is 1. The van der Waals surface area contributed by atoms with E-state index in [1.54, 1.807) is 12.1 Å². The van der Waals surface area contributed by atoms with Crippen molar-refractivity contribution in [1.82, 2.24) is 0 Å². The molecule has 0 unspecified atom stereocenters. The molecule has 0 bridgehead atoms. The van der Waals surface area contributed by atoms with Gasteiger partial charge in [0, 0.05) is 17.6 Å². The predicted octanol–water partition coefficient (Wildman–Crippen LogP) is 3.32. The summed E-state index contributed by atoms with van der Waals surface area (Å²) in [5.74, 6) is -0.918. The van der Waals surface area contributed by atoms with Crippen LogP contribution in [0, 0.1) is 12.7 Å². The molecule has 0 saturated carbocycles. The molecule has 2 aromatic carbocycles. The van der Waals surface area contributed by atoms with Crippen LogP contribution in [0.5, 0.6) is 0 Å². The van der Waals surface area contributed by atoms with Crippen LogP contribution in [0.2, 0.25) is 0 Å². The minimum atomic E-state index is -3.36. The van der Waals surface area contributed by atoms with Crippen LogP contribution in [0.1, 0.15) is 11.1 Å². The zero-order chi connectivity index (χ0) is 17.0. The molecule has 2 rings (SSSR count). The van der Waals surface area contributed by atoms with Crippen molar-refractivity contribution in [2.75, 3.05) is 16.9 Å². The van der Waals surface area contributed by atoms with Gasteiger partial charge >= 0.3 is 6.03 Å². The number of hydrogen-bond acceptors (Lipinski definition) is 3. The summed E-state index contributed by atoms with van der Waals surface area (Å²) in [5, 5.41) is 5.22. The van der Waals surface area contributed by atoms with Crippen molar-refractivity contribution < 1.29 is 17.6 Å². The summed E-state index contributed by atoms with van der Waals surface area (Å²) >= 11 is 0. The maximum atomic E-state index is 13.3. The van der Waals surface area contributed by atoms with Gasteiger partial charge in [0.2, 0.25) is 0 Å². The van der Waals surface area contributed by atoms with Crippen molar-refractivity contribution in [3.8, 4) is 0 Å². The summed E-state index contributed by atoms with van der Waals surface area (Å²) in [6.07, 6.45) is 1.05. The first-order chi connectivity index (χ1) is 10.7. The Bertz CT molecular complexity index is 835. The van der Waals surface area contributed by atoms with Crippen LogP contribution < -0.4 is 10.6 Å². The van der Waals surface area contributed by atoms with Crippen LogP contribution in [0.3, 0.4) is 0 Å². The highest BCUT2D eigenvalue weighted by Gasteiger charge is 2.13. The summed E-state index contributed by atoms with van der Waals surface area (Å²) in [6, 6.07) is 10.3. The number of nitrogens with one attached hydrogen (secondary N) is 2. The lowest BCUT2D eigenvalue weighted by Crippen LogP contribution is -2.21. The van der Waals surface area contributed by atoms with Crippen LogP contribution in [-0.4, -0.2) is 20.7 Å². The Kier molecular flexibility index (Phi) is 5.00. The van der Waals surface area contributed by atoms with Gasteiger partial charge in [0.05, 0.1) is 5.75 Å². The number of hydrogen-bond donors (Lipinski definition) is 2. The third-order valence-electron chi connectivity index (χ3n) is 3.13. The predicted molar refractivity (Wildman–Crippen MR) is 88.8 cm³/mol. The molecule has 0 atom stereocenters. The van der Waals surface area contributed by atoms with E-state index in [1.807, 2.05) is 19.1 Å². The number of benzene rings is 2. The fraction of sp³-hybridized carbons (Fsp3) is 0.188. The first kappa shape index (κ1) is 17.0. The molecule has 0 aliphatic rings. The van der Waals surface area contributed by atoms with Crippen molar-refractivity contribution in [3.63, 3.8) is 0 Å². The molecular formula is C16H17FN2O3S. The molecule has 0 aliphatic carbocycles. The van der Waals surface area contributed by atoms with E-state index in [4.69, 9.17) is 0 Å². The summed E-state index contributed by atoms with van der Waals surface area (Å²) in [7, 11) is -3.36. The lowest BCUT2D eigenvalue weighted by Gasteiger charge is -2.13. The number of anilines is 2. The number of para-hydroxylation sites is 1. The van der Waals surface area contributed by atoms with Crippen LogP contribution in [0.15, 0.2) is 42.5 Å². The maximum Gasteiger partial charge on any atom is 0.323 e. The Balaban J connectivity index is 2.19. The first-order valence-electron chi connectivity index (χ1n) is 6.84. The van der Waals surface area contributed by atoms with Crippen LogP contribution in [0.4, 0.5) is 20.6 Å². The fourth-order valence-corrected chi connectivity index (χ4v) is 2.88. The largest absolute Gasteiger partial charge is 0.323 e. The second-order valence-electron chi connectivity index (χ2n) is 5.27. The molecule has 2 amide bonds. The summed E-state index contributed by atoms with van der Waals surface area (Å²) in [4.78, 5) is 12.1. The number of carbonyl (C=O) groups excluding carboxylic acids is 1. The minimum Gasteiger partial charge on any atom is -0.307 e. The van der Waals surface area contributed by atoms with E-state index in [2.05, 4.69) is 10.6 Å². The van der Waals surface area contributed by atoms with Crippen LogP contribution >= 0.6 is 0 Å². The highest BCUT2D eigenvalue weighted by atomic mass is 32.2. The standard InChI is InChI=1S/C16H17FN2O3S/c1-11-5-3-4-6-14(11)18-16(20)19-15-8-7-13(17)9-12(15)10-23(2,21)22/h3-9H,10H2,1-2H3,(H2,18,19,20). The Morgan fingerprint density at radius 3 is 2.39 bits per heavy atom. The number of urea groups is 1. The van der Waals surface area contributed by atoms with Gasteiger partial charge in [-0.15, -0.1) is 0 Å². The van der Waals surface area contributed by atoms with E-state index in [0.717, 1.165) is 24.0 Å². The second kappa shape index (κ2) is 6.78. The lowest BCUT2D eigenvalue weighted by atomic mass is 10.2. The smallest absolute Gasteiger partial charge is 0.307 e. The average molecular weight is 336 g/mol. The Morgan fingerprint density at radius 2 is 1.74 bits per heavy atom. The van der Waals surface area contributed by atoms with Gasteiger partial charge in [-0.3, -0.25) is 0 Å². The molecule has 0 heterocycles. The zero-order valence-corrected chi connectivity index (χ0v) is 13.6. The quantitative estimate of drug-likeness (QED) is 0.899. The van der Waals surface area contributed by atoms with Crippen molar-refractivity contribution in [2.24, 2.45) is 0 Å². The number of amides is 2. The monoisotopic (exact) mass is 336 g/mol. The summed E-state index contributed by atoms with van der Waals surface area (Å²) < 4.78 is 36.2.